The zero-order valence-electron chi connectivity index (χ0n) is 7.86. The highest BCUT2D eigenvalue weighted by atomic mass is 16.5. The van der Waals surface area contributed by atoms with E-state index in [1.54, 1.807) is 0 Å². The second kappa shape index (κ2) is 3.75. The lowest BCUT2D eigenvalue weighted by Gasteiger charge is -2.11. The zero-order chi connectivity index (χ0) is 9.10. The molecule has 0 aromatic heterocycles. The van der Waals surface area contributed by atoms with Crippen molar-refractivity contribution in [3.8, 4) is 0 Å². The molecule has 0 saturated heterocycles. The molecule has 68 valence electrons. The van der Waals surface area contributed by atoms with Crippen molar-refractivity contribution in [3.63, 3.8) is 0 Å². The summed E-state index contributed by atoms with van der Waals surface area (Å²) in [5, 5.41) is 0. The SMILES string of the molecule is CC1=CCOC1Cc1ccccc1. The Labute approximate surface area is 79.0 Å². The van der Waals surface area contributed by atoms with Crippen LogP contribution >= 0.6 is 0 Å². The molecule has 0 fully saturated rings. The first-order valence-electron chi connectivity index (χ1n) is 4.68. The van der Waals surface area contributed by atoms with E-state index in [9.17, 15) is 0 Å². The average molecular weight is 174 g/mol. The topological polar surface area (TPSA) is 9.23 Å². The lowest BCUT2D eigenvalue weighted by Crippen LogP contribution is -2.11. The van der Waals surface area contributed by atoms with E-state index >= 15 is 0 Å². The van der Waals surface area contributed by atoms with Crippen molar-refractivity contribution < 1.29 is 4.74 Å². The van der Waals surface area contributed by atoms with Crippen molar-refractivity contribution in [2.45, 2.75) is 19.4 Å². The van der Waals surface area contributed by atoms with Crippen LogP contribution in [0.3, 0.4) is 0 Å². The third-order valence-electron chi connectivity index (χ3n) is 2.47. The van der Waals surface area contributed by atoms with Gasteiger partial charge in [0.2, 0.25) is 0 Å². The molecule has 1 heteroatoms. The van der Waals surface area contributed by atoms with E-state index < -0.39 is 0 Å². The van der Waals surface area contributed by atoms with Gasteiger partial charge in [0, 0.05) is 6.42 Å². The summed E-state index contributed by atoms with van der Waals surface area (Å²) in [5.41, 5.74) is 2.71. The van der Waals surface area contributed by atoms with E-state index in [0.717, 1.165) is 13.0 Å². The normalized spacial score (nSPS) is 21.6. The first kappa shape index (κ1) is 8.52. The summed E-state index contributed by atoms with van der Waals surface area (Å²) in [6.45, 7) is 2.92. The molecule has 13 heavy (non-hydrogen) atoms. The Kier molecular flexibility index (Phi) is 2.46. The Morgan fingerprint density at radius 2 is 2.08 bits per heavy atom. The second-order valence-electron chi connectivity index (χ2n) is 3.46. The predicted molar refractivity (Wildman–Crippen MR) is 53.6 cm³/mol. The molecule has 1 atom stereocenters. The Morgan fingerprint density at radius 1 is 1.31 bits per heavy atom. The molecule has 0 spiro atoms. The first-order valence-corrected chi connectivity index (χ1v) is 4.68. The Hall–Kier alpha value is -1.08. The van der Waals surface area contributed by atoms with Gasteiger partial charge in [0.1, 0.15) is 0 Å². The fourth-order valence-electron chi connectivity index (χ4n) is 1.61. The monoisotopic (exact) mass is 174 g/mol. The van der Waals surface area contributed by atoms with Crippen molar-refractivity contribution in [2.24, 2.45) is 0 Å². The first-order chi connectivity index (χ1) is 6.36. The average Bonchev–Trinajstić information content (AvgIpc) is 2.54. The molecule has 1 aliphatic rings. The van der Waals surface area contributed by atoms with Crippen LogP contribution in [0.1, 0.15) is 12.5 Å². The fourth-order valence-corrected chi connectivity index (χ4v) is 1.61. The van der Waals surface area contributed by atoms with Crippen LogP contribution in [-0.4, -0.2) is 12.7 Å². The van der Waals surface area contributed by atoms with Crippen LogP contribution in [0.4, 0.5) is 0 Å². The van der Waals surface area contributed by atoms with Crippen LogP contribution in [0.25, 0.3) is 0 Å². The Bertz CT molecular complexity index is 300. The molecule has 2 rings (SSSR count). The lowest BCUT2D eigenvalue weighted by molar-refractivity contribution is 0.122. The van der Waals surface area contributed by atoms with Gasteiger partial charge in [-0.2, -0.15) is 0 Å². The Morgan fingerprint density at radius 3 is 2.69 bits per heavy atom. The summed E-state index contributed by atoms with van der Waals surface area (Å²) in [6, 6.07) is 10.5. The van der Waals surface area contributed by atoms with E-state index in [2.05, 4.69) is 37.3 Å². The standard InChI is InChI=1S/C12H14O/c1-10-7-8-13-12(10)9-11-5-3-2-4-6-11/h2-7,12H,8-9H2,1H3. The molecular weight excluding hydrogens is 160 g/mol. The van der Waals surface area contributed by atoms with Gasteiger partial charge >= 0.3 is 0 Å². The largest absolute Gasteiger partial charge is 0.369 e. The van der Waals surface area contributed by atoms with Crippen molar-refractivity contribution in [1.82, 2.24) is 0 Å². The highest BCUT2D eigenvalue weighted by Crippen LogP contribution is 2.17. The van der Waals surface area contributed by atoms with E-state index in [-0.39, 0.29) is 0 Å². The van der Waals surface area contributed by atoms with Gasteiger partial charge in [-0.3, -0.25) is 0 Å². The smallest absolute Gasteiger partial charge is 0.0827 e. The highest BCUT2D eigenvalue weighted by Gasteiger charge is 2.15. The minimum atomic E-state index is 0.308. The van der Waals surface area contributed by atoms with E-state index in [1.807, 2.05) is 6.07 Å². The summed E-state index contributed by atoms with van der Waals surface area (Å²) >= 11 is 0. The maximum Gasteiger partial charge on any atom is 0.0827 e. The summed E-state index contributed by atoms with van der Waals surface area (Å²) in [7, 11) is 0. The van der Waals surface area contributed by atoms with Crippen LogP contribution in [0, 0.1) is 0 Å². The van der Waals surface area contributed by atoms with Gasteiger partial charge in [-0.15, -0.1) is 0 Å². The molecule has 0 N–H and O–H groups in total. The fraction of sp³-hybridized carbons (Fsp3) is 0.333. The van der Waals surface area contributed by atoms with E-state index in [4.69, 9.17) is 4.74 Å². The molecule has 1 nitrogen and oxygen atoms in total. The van der Waals surface area contributed by atoms with Gasteiger partial charge < -0.3 is 4.74 Å². The number of hydrogen-bond acceptors (Lipinski definition) is 1. The van der Waals surface area contributed by atoms with Crippen LogP contribution < -0.4 is 0 Å². The van der Waals surface area contributed by atoms with Crippen molar-refractivity contribution in [2.75, 3.05) is 6.61 Å². The van der Waals surface area contributed by atoms with Crippen LogP contribution in [0.15, 0.2) is 42.0 Å². The molecule has 0 radical (unpaired) electrons. The zero-order valence-corrected chi connectivity index (χ0v) is 7.86. The molecular formula is C12H14O. The van der Waals surface area contributed by atoms with Crippen molar-refractivity contribution >= 4 is 0 Å². The molecule has 1 unspecified atom stereocenters. The number of benzene rings is 1. The maximum absolute atomic E-state index is 5.58. The summed E-state index contributed by atoms with van der Waals surface area (Å²) in [6.07, 6.45) is 3.47. The number of ether oxygens (including phenoxy) is 1. The van der Waals surface area contributed by atoms with Gasteiger partial charge in [0.25, 0.3) is 0 Å². The molecule has 1 aromatic carbocycles. The van der Waals surface area contributed by atoms with Gasteiger partial charge in [0.05, 0.1) is 12.7 Å². The molecule has 1 heterocycles. The molecule has 0 amide bonds. The molecule has 0 saturated carbocycles. The highest BCUT2D eigenvalue weighted by molar-refractivity contribution is 5.20. The molecule has 0 bridgehead atoms. The van der Waals surface area contributed by atoms with Gasteiger partial charge in [-0.1, -0.05) is 36.4 Å². The minimum absolute atomic E-state index is 0.308. The van der Waals surface area contributed by atoms with Crippen molar-refractivity contribution in [1.29, 1.82) is 0 Å². The molecule has 1 aliphatic heterocycles. The van der Waals surface area contributed by atoms with E-state index in [1.165, 1.54) is 11.1 Å². The minimum Gasteiger partial charge on any atom is -0.369 e. The Balaban J connectivity index is 2.03. The maximum atomic E-state index is 5.58. The third-order valence-corrected chi connectivity index (χ3v) is 2.47. The molecule has 1 aromatic rings. The van der Waals surface area contributed by atoms with Gasteiger partial charge in [0.15, 0.2) is 0 Å². The quantitative estimate of drug-likeness (QED) is 0.626. The third kappa shape index (κ3) is 1.99. The van der Waals surface area contributed by atoms with Crippen molar-refractivity contribution in [3.05, 3.63) is 47.5 Å². The number of rotatable bonds is 2. The van der Waals surface area contributed by atoms with E-state index in [0.29, 0.717) is 6.10 Å². The summed E-state index contributed by atoms with van der Waals surface area (Å²) in [5.74, 6) is 0. The lowest BCUT2D eigenvalue weighted by atomic mass is 10.0. The number of hydrogen-bond donors (Lipinski definition) is 0. The van der Waals surface area contributed by atoms with Gasteiger partial charge in [-0.25, -0.2) is 0 Å². The van der Waals surface area contributed by atoms with Crippen LogP contribution in [-0.2, 0) is 11.2 Å². The van der Waals surface area contributed by atoms with Gasteiger partial charge in [-0.05, 0) is 18.1 Å². The summed E-state index contributed by atoms with van der Waals surface area (Å²) < 4.78 is 5.58. The predicted octanol–water partition coefficient (Wildman–Crippen LogP) is 2.57. The summed E-state index contributed by atoms with van der Waals surface area (Å²) in [4.78, 5) is 0. The van der Waals surface area contributed by atoms with Crippen LogP contribution in [0.5, 0.6) is 0 Å². The van der Waals surface area contributed by atoms with Crippen LogP contribution in [0.2, 0.25) is 0 Å². The second-order valence-corrected chi connectivity index (χ2v) is 3.46. The molecule has 0 aliphatic carbocycles.